The molecule has 2 nitrogen and oxygen atoms in total. The molecule has 0 atom stereocenters. The molecule has 2 aromatic carbocycles. The number of halogens is 2. The Bertz CT molecular complexity index is 592. The number of hydrogen-bond donors (Lipinski definition) is 0. The minimum atomic E-state index is -0.552. The molecule has 0 aliphatic carbocycles. The van der Waals surface area contributed by atoms with E-state index in [1.54, 1.807) is 18.2 Å². The highest BCUT2D eigenvalue weighted by molar-refractivity contribution is 9.10. The van der Waals surface area contributed by atoms with Gasteiger partial charge in [-0.15, -0.1) is 0 Å². The summed E-state index contributed by atoms with van der Waals surface area (Å²) in [7, 11) is 0. The summed E-state index contributed by atoms with van der Waals surface area (Å²) in [5, 5.41) is 8.62. The second-order valence-corrected chi connectivity index (χ2v) is 4.23. The van der Waals surface area contributed by atoms with E-state index in [0.717, 1.165) is 10.5 Å². The molecule has 0 radical (unpaired) electrons. The zero-order valence-electron chi connectivity index (χ0n) is 8.65. The van der Waals surface area contributed by atoms with E-state index < -0.39 is 5.82 Å². The van der Waals surface area contributed by atoms with Crippen molar-refractivity contribution >= 4 is 15.9 Å². The molecule has 0 spiro atoms. The lowest BCUT2D eigenvalue weighted by molar-refractivity contribution is 0.442. The van der Waals surface area contributed by atoms with Crippen molar-refractivity contribution in [2.75, 3.05) is 0 Å². The van der Waals surface area contributed by atoms with E-state index in [9.17, 15) is 4.39 Å². The standard InChI is InChI=1S/C13H7BrFNO/c14-10-2-1-3-11(7-10)17-13-5-4-9(8-16)6-12(13)15/h1-7H. The van der Waals surface area contributed by atoms with Crippen molar-refractivity contribution in [2.24, 2.45) is 0 Å². The molecule has 0 unspecified atom stereocenters. The van der Waals surface area contributed by atoms with Crippen LogP contribution in [0.25, 0.3) is 0 Å². The quantitative estimate of drug-likeness (QED) is 0.828. The van der Waals surface area contributed by atoms with Gasteiger partial charge in [0.05, 0.1) is 11.6 Å². The molecule has 0 aliphatic heterocycles. The van der Waals surface area contributed by atoms with Crippen molar-refractivity contribution in [3.05, 3.63) is 58.3 Å². The summed E-state index contributed by atoms with van der Waals surface area (Å²) in [5.41, 5.74) is 0.268. The maximum Gasteiger partial charge on any atom is 0.167 e. The molecule has 0 N–H and O–H groups in total. The van der Waals surface area contributed by atoms with Crippen LogP contribution >= 0.6 is 15.9 Å². The van der Waals surface area contributed by atoms with Gasteiger partial charge in [-0.05, 0) is 36.4 Å². The van der Waals surface area contributed by atoms with Gasteiger partial charge >= 0.3 is 0 Å². The van der Waals surface area contributed by atoms with Crippen LogP contribution in [-0.2, 0) is 0 Å². The molecule has 0 saturated heterocycles. The molecule has 84 valence electrons. The lowest BCUT2D eigenvalue weighted by atomic mass is 10.2. The van der Waals surface area contributed by atoms with Crippen molar-refractivity contribution in [2.45, 2.75) is 0 Å². The first-order valence-corrected chi connectivity index (χ1v) is 5.61. The van der Waals surface area contributed by atoms with Crippen molar-refractivity contribution in [3.63, 3.8) is 0 Å². The van der Waals surface area contributed by atoms with Crippen LogP contribution in [0.2, 0.25) is 0 Å². The Hall–Kier alpha value is -1.86. The molecule has 0 fully saturated rings. The fourth-order valence-electron chi connectivity index (χ4n) is 1.31. The highest BCUT2D eigenvalue weighted by Gasteiger charge is 2.06. The third kappa shape index (κ3) is 2.83. The highest BCUT2D eigenvalue weighted by Crippen LogP contribution is 2.26. The van der Waals surface area contributed by atoms with Gasteiger partial charge in [0.2, 0.25) is 0 Å². The Morgan fingerprint density at radius 2 is 2.00 bits per heavy atom. The first kappa shape index (κ1) is 11.6. The topological polar surface area (TPSA) is 33.0 Å². The van der Waals surface area contributed by atoms with Crippen molar-refractivity contribution in [3.8, 4) is 17.6 Å². The molecular weight excluding hydrogens is 285 g/mol. The van der Waals surface area contributed by atoms with Crippen LogP contribution < -0.4 is 4.74 Å². The van der Waals surface area contributed by atoms with Gasteiger partial charge in [-0.1, -0.05) is 22.0 Å². The van der Waals surface area contributed by atoms with Crippen LogP contribution in [-0.4, -0.2) is 0 Å². The zero-order chi connectivity index (χ0) is 12.3. The molecule has 0 heterocycles. The largest absolute Gasteiger partial charge is 0.454 e. The van der Waals surface area contributed by atoms with Crippen LogP contribution in [0.15, 0.2) is 46.9 Å². The van der Waals surface area contributed by atoms with Crippen LogP contribution in [0.5, 0.6) is 11.5 Å². The van der Waals surface area contributed by atoms with Gasteiger partial charge in [0.25, 0.3) is 0 Å². The Kier molecular flexibility index (Phi) is 3.40. The van der Waals surface area contributed by atoms with Crippen LogP contribution in [0.4, 0.5) is 4.39 Å². The molecular formula is C13H7BrFNO. The van der Waals surface area contributed by atoms with Crippen LogP contribution in [0, 0.1) is 17.1 Å². The van der Waals surface area contributed by atoms with Crippen molar-refractivity contribution < 1.29 is 9.13 Å². The van der Waals surface area contributed by atoms with Gasteiger partial charge in [0.15, 0.2) is 11.6 Å². The first-order valence-electron chi connectivity index (χ1n) is 4.82. The summed E-state index contributed by atoms with van der Waals surface area (Å²) in [5.74, 6) is 0.0779. The van der Waals surface area contributed by atoms with E-state index in [2.05, 4.69) is 15.9 Å². The maximum absolute atomic E-state index is 13.5. The van der Waals surface area contributed by atoms with E-state index in [4.69, 9.17) is 10.00 Å². The summed E-state index contributed by atoms with van der Waals surface area (Å²) in [6.45, 7) is 0. The van der Waals surface area contributed by atoms with Gasteiger partial charge in [0, 0.05) is 4.47 Å². The van der Waals surface area contributed by atoms with E-state index in [1.165, 1.54) is 12.1 Å². The maximum atomic E-state index is 13.5. The first-order chi connectivity index (χ1) is 8.19. The molecule has 17 heavy (non-hydrogen) atoms. The normalized spacial score (nSPS) is 9.71. The molecule has 4 heteroatoms. The number of rotatable bonds is 2. The predicted octanol–water partition coefficient (Wildman–Crippen LogP) is 4.25. The molecule has 2 aromatic rings. The molecule has 0 saturated carbocycles. The van der Waals surface area contributed by atoms with Gasteiger partial charge in [-0.25, -0.2) is 4.39 Å². The smallest absolute Gasteiger partial charge is 0.167 e. The summed E-state index contributed by atoms with van der Waals surface area (Å²) >= 11 is 3.30. The third-order valence-corrected chi connectivity index (χ3v) is 2.58. The lowest BCUT2D eigenvalue weighted by Gasteiger charge is -2.06. The predicted molar refractivity (Wildman–Crippen MR) is 65.3 cm³/mol. The molecule has 0 aliphatic rings. The summed E-state index contributed by atoms with van der Waals surface area (Å²) in [6.07, 6.45) is 0. The molecule has 0 amide bonds. The van der Waals surface area contributed by atoms with Gasteiger partial charge in [-0.2, -0.15) is 5.26 Å². The number of benzene rings is 2. The van der Waals surface area contributed by atoms with Crippen LogP contribution in [0.3, 0.4) is 0 Å². The van der Waals surface area contributed by atoms with E-state index in [1.807, 2.05) is 12.1 Å². The minimum absolute atomic E-state index is 0.0992. The molecule has 2 rings (SSSR count). The van der Waals surface area contributed by atoms with E-state index in [-0.39, 0.29) is 11.3 Å². The third-order valence-electron chi connectivity index (χ3n) is 2.08. The average Bonchev–Trinajstić information content (AvgIpc) is 2.32. The van der Waals surface area contributed by atoms with Gasteiger partial charge in [-0.3, -0.25) is 0 Å². The van der Waals surface area contributed by atoms with Crippen molar-refractivity contribution in [1.82, 2.24) is 0 Å². The van der Waals surface area contributed by atoms with Crippen molar-refractivity contribution in [1.29, 1.82) is 5.26 Å². The highest BCUT2D eigenvalue weighted by atomic mass is 79.9. The monoisotopic (exact) mass is 291 g/mol. The Morgan fingerprint density at radius 1 is 1.18 bits per heavy atom. The zero-order valence-corrected chi connectivity index (χ0v) is 10.2. The second kappa shape index (κ2) is 4.98. The fourth-order valence-corrected chi connectivity index (χ4v) is 1.69. The van der Waals surface area contributed by atoms with Crippen LogP contribution in [0.1, 0.15) is 5.56 Å². The number of ether oxygens (including phenoxy) is 1. The Labute approximate surface area is 106 Å². The number of hydrogen-bond acceptors (Lipinski definition) is 2. The molecule has 0 aromatic heterocycles. The second-order valence-electron chi connectivity index (χ2n) is 3.32. The Morgan fingerprint density at radius 3 is 2.65 bits per heavy atom. The van der Waals surface area contributed by atoms with Gasteiger partial charge < -0.3 is 4.74 Å². The van der Waals surface area contributed by atoms with Gasteiger partial charge in [0.1, 0.15) is 5.75 Å². The SMILES string of the molecule is N#Cc1ccc(Oc2cccc(Br)c2)c(F)c1. The minimum Gasteiger partial charge on any atom is -0.454 e. The van der Waals surface area contributed by atoms with E-state index in [0.29, 0.717) is 5.75 Å². The average molecular weight is 292 g/mol. The van der Waals surface area contributed by atoms with E-state index >= 15 is 0 Å². The summed E-state index contributed by atoms with van der Waals surface area (Å²) in [6, 6.07) is 13.1. The molecule has 0 bridgehead atoms. The Balaban J connectivity index is 2.28. The number of nitrogens with zero attached hydrogens (tertiary/aromatic N) is 1. The summed E-state index contributed by atoms with van der Waals surface area (Å²) < 4.78 is 19.8. The lowest BCUT2D eigenvalue weighted by Crippen LogP contribution is -1.89. The fraction of sp³-hybridized carbons (Fsp3) is 0. The summed E-state index contributed by atoms with van der Waals surface area (Å²) in [4.78, 5) is 0. The number of nitriles is 1.